The molecule has 1 N–H and O–H groups in total. The van der Waals surface area contributed by atoms with Crippen molar-refractivity contribution in [1.82, 2.24) is 5.32 Å². The van der Waals surface area contributed by atoms with E-state index < -0.39 is 0 Å². The van der Waals surface area contributed by atoms with Gasteiger partial charge < -0.3 is 9.73 Å². The normalized spacial score (nSPS) is 13.4. The standard InChI is InChI=1S/C12H21NOS/c1-9(2)10(3)13-6-8-15-12-5-7-14-11(12)4/h5,7,9-10,13H,6,8H2,1-4H3. The third-order valence-corrected chi connectivity index (χ3v) is 3.78. The van der Waals surface area contributed by atoms with Crippen LogP contribution in [0.15, 0.2) is 21.6 Å². The van der Waals surface area contributed by atoms with Crippen LogP contribution in [-0.4, -0.2) is 18.3 Å². The first-order valence-corrected chi connectivity index (χ1v) is 6.50. The molecule has 0 saturated carbocycles. The molecule has 1 unspecified atom stereocenters. The van der Waals surface area contributed by atoms with Gasteiger partial charge in [0.15, 0.2) is 0 Å². The zero-order valence-electron chi connectivity index (χ0n) is 10.0. The van der Waals surface area contributed by atoms with Crippen LogP contribution in [0.3, 0.4) is 0 Å². The molecular weight excluding hydrogens is 206 g/mol. The van der Waals surface area contributed by atoms with E-state index in [1.54, 1.807) is 6.26 Å². The summed E-state index contributed by atoms with van der Waals surface area (Å²) in [5.41, 5.74) is 0. The molecule has 15 heavy (non-hydrogen) atoms. The summed E-state index contributed by atoms with van der Waals surface area (Å²) in [5.74, 6) is 2.82. The lowest BCUT2D eigenvalue weighted by atomic mass is 10.1. The summed E-state index contributed by atoms with van der Waals surface area (Å²) < 4.78 is 5.24. The topological polar surface area (TPSA) is 25.2 Å². The molecule has 0 amide bonds. The number of rotatable bonds is 6. The van der Waals surface area contributed by atoms with Crippen LogP contribution < -0.4 is 5.32 Å². The highest BCUT2D eigenvalue weighted by molar-refractivity contribution is 7.99. The number of hydrogen-bond acceptors (Lipinski definition) is 3. The molecule has 0 aliphatic rings. The Hall–Kier alpha value is -0.410. The molecule has 0 spiro atoms. The molecule has 0 aromatic carbocycles. The Morgan fingerprint density at radius 2 is 2.13 bits per heavy atom. The average Bonchev–Trinajstić information content (AvgIpc) is 2.58. The van der Waals surface area contributed by atoms with Crippen molar-refractivity contribution in [2.75, 3.05) is 12.3 Å². The molecule has 3 heteroatoms. The van der Waals surface area contributed by atoms with E-state index >= 15 is 0 Å². The van der Waals surface area contributed by atoms with Gasteiger partial charge in [-0.2, -0.15) is 0 Å². The molecule has 1 atom stereocenters. The van der Waals surface area contributed by atoms with Gasteiger partial charge in [-0.15, -0.1) is 11.8 Å². The van der Waals surface area contributed by atoms with Gasteiger partial charge in [-0.05, 0) is 25.8 Å². The molecule has 1 heterocycles. The van der Waals surface area contributed by atoms with E-state index in [0.29, 0.717) is 12.0 Å². The molecule has 0 radical (unpaired) electrons. The fourth-order valence-electron chi connectivity index (χ4n) is 1.21. The first-order chi connectivity index (χ1) is 7.11. The van der Waals surface area contributed by atoms with E-state index in [9.17, 15) is 0 Å². The SMILES string of the molecule is Cc1occc1SCCNC(C)C(C)C. The molecule has 0 fully saturated rings. The summed E-state index contributed by atoms with van der Waals surface area (Å²) in [6.07, 6.45) is 1.75. The largest absolute Gasteiger partial charge is 0.468 e. The van der Waals surface area contributed by atoms with Crippen molar-refractivity contribution < 1.29 is 4.42 Å². The molecule has 0 aliphatic carbocycles. The van der Waals surface area contributed by atoms with Crippen molar-refractivity contribution in [3.8, 4) is 0 Å². The van der Waals surface area contributed by atoms with Crippen LogP contribution in [0.1, 0.15) is 26.5 Å². The molecule has 0 aliphatic heterocycles. The van der Waals surface area contributed by atoms with E-state index in [1.165, 1.54) is 4.90 Å². The quantitative estimate of drug-likeness (QED) is 0.596. The third-order valence-electron chi connectivity index (χ3n) is 2.64. The highest BCUT2D eigenvalue weighted by Gasteiger charge is 2.06. The summed E-state index contributed by atoms with van der Waals surface area (Å²) >= 11 is 1.85. The van der Waals surface area contributed by atoms with Gasteiger partial charge in [0.2, 0.25) is 0 Å². The van der Waals surface area contributed by atoms with E-state index in [1.807, 2.05) is 24.8 Å². The van der Waals surface area contributed by atoms with Crippen molar-refractivity contribution in [1.29, 1.82) is 0 Å². The minimum atomic E-state index is 0.594. The number of aryl methyl sites for hydroxylation is 1. The van der Waals surface area contributed by atoms with E-state index in [4.69, 9.17) is 4.42 Å². The lowest BCUT2D eigenvalue weighted by Crippen LogP contribution is -2.32. The Morgan fingerprint density at radius 1 is 1.40 bits per heavy atom. The van der Waals surface area contributed by atoms with Gasteiger partial charge in [0.25, 0.3) is 0 Å². The van der Waals surface area contributed by atoms with Crippen LogP contribution in [0.25, 0.3) is 0 Å². The zero-order chi connectivity index (χ0) is 11.3. The van der Waals surface area contributed by atoms with Crippen molar-refractivity contribution in [3.05, 3.63) is 18.1 Å². The fourth-order valence-corrected chi connectivity index (χ4v) is 2.05. The Bertz CT molecular complexity index is 283. The summed E-state index contributed by atoms with van der Waals surface area (Å²) in [7, 11) is 0. The van der Waals surface area contributed by atoms with Crippen LogP contribution in [-0.2, 0) is 0 Å². The monoisotopic (exact) mass is 227 g/mol. The van der Waals surface area contributed by atoms with Crippen molar-refractivity contribution in [3.63, 3.8) is 0 Å². The first-order valence-electron chi connectivity index (χ1n) is 5.51. The van der Waals surface area contributed by atoms with Crippen LogP contribution in [0.2, 0.25) is 0 Å². The number of nitrogens with one attached hydrogen (secondary N) is 1. The summed E-state index contributed by atoms with van der Waals surface area (Å²) in [5, 5.41) is 3.51. The molecular formula is C12H21NOS. The Morgan fingerprint density at radius 3 is 2.67 bits per heavy atom. The summed E-state index contributed by atoms with van der Waals surface area (Å²) in [6, 6.07) is 2.63. The van der Waals surface area contributed by atoms with Gasteiger partial charge in [0.05, 0.1) is 6.26 Å². The van der Waals surface area contributed by atoms with Crippen LogP contribution in [0.4, 0.5) is 0 Å². The maximum Gasteiger partial charge on any atom is 0.114 e. The van der Waals surface area contributed by atoms with Gasteiger partial charge in [-0.3, -0.25) is 0 Å². The van der Waals surface area contributed by atoms with Gasteiger partial charge in [-0.1, -0.05) is 13.8 Å². The molecule has 0 saturated heterocycles. The molecule has 1 aromatic rings. The van der Waals surface area contributed by atoms with Crippen LogP contribution in [0, 0.1) is 12.8 Å². The minimum absolute atomic E-state index is 0.594. The molecule has 86 valence electrons. The van der Waals surface area contributed by atoms with Gasteiger partial charge >= 0.3 is 0 Å². The maximum absolute atomic E-state index is 5.24. The Balaban J connectivity index is 2.15. The summed E-state index contributed by atoms with van der Waals surface area (Å²) in [6.45, 7) is 9.77. The van der Waals surface area contributed by atoms with E-state index in [2.05, 4.69) is 26.1 Å². The second kappa shape index (κ2) is 6.23. The number of thioether (sulfide) groups is 1. The van der Waals surface area contributed by atoms with Crippen LogP contribution >= 0.6 is 11.8 Å². The number of furan rings is 1. The zero-order valence-corrected chi connectivity index (χ0v) is 10.9. The predicted octanol–water partition coefficient (Wildman–Crippen LogP) is 3.31. The average molecular weight is 227 g/mol. The lowest BCUT2D eigenvalue weighted by Gasteiger charge is -2.16. The van der Waals surface area contributed by atoms with Crippen molar-refractivity contribution in [2.45, 2.75) is 38.6 Å². The van der Waals surface area contributed by atoms with Gasteiger partial charge in [0, 0.05) is 23.2 Å². The molecule has 1 rings (SSSR count). The van der Waals surface area contributed by atoms with E-state index in [0.717, 1.165) is 18.1 Å². The van der Waals surface area contributed by atoms with Crippen molar-refractivity contribution in [2.24, 2.45) is 5.92 Å². The lowest BCUT2D eigenvalue weighted by molar-refractivity contribution is 0.438. The minimum Gasteiger partial charge on any atom is -0.468 e. The number of hydrogen-bond donors (Lipinski definition) is 1. The van der Waals surface area contributed by atoms with Crippen molar-refractivity contribution >= 4 is 11.8 Å². The fraction of sp³-hybridized carbons (Fsp3) is 0.667. The maximum atomic E-state index is 5.24. The predicted molar refractivity (Wildman–Crippen MR) is 66.5 cm³/mol. The molecule has 0 bridgehead atoms. The second-order valence-corrected chi connectivity index (χ2v) is 5.31. The Labute approximate surface area is 96.8 Å². The third kappa shape index (κ3) is 4.31. The molecule has 2 nitrogen and oxygen atoms in total. The Kier molecular flexibility index (Phi) is 5.26. The van der Waals surface area contributed by atoms with Crippen LogP contribution in [0.5, 0.6) is 0 Å². The van der Waals surface area contributed by atoms with Gasteiger partial charge in [-0.25, -0.2) is 0 Å². The molecule has 1 aromatic heterocycles. The highest BCUT2D eigenvalue weighted by atomic mass is 32.2. The van der Waals surface area contributed by atoms with E-state index in [-0.39, 0.29) is 0 Å². The summed E-state index contributed by atoms with van der Waals surface area (Å²) in [4.78, 5) is 1.26. The first kappa shape index (κ1) is 12.7. The highest BCUT2D eigenvalue weighted by Crippen LogP contribution is 2.22. The second-order valence-electron chi connectivity index (χ2n) is 4.18. The van der Waals surface area contributed by atoms with Gasteiger partial charge in [0.1, 0.15) is 5.76 Å². The smallest absolute Gasteiger partial charge is 0.114 e.